The van der Waals surface area contributed by atoms with E-state index in [0.29, 0.717) is 47.0 Å². The Bertz CT molecular complexity index is 1090. The van der Waals surface area contributed by atoms with Crippen molar-refractivity contribution in [3.8, 4) is 17.2 Å². The van der Waals surface area contributed by atoms with Crippen LogP contribution in [0.5, 0.6) is 17.2 Å². The number of Topliss-reactive ketones (excluding diaryl/α,β-unsaturated/α-hetero) is 1. The Morgan fingerprint density at radius 1 is 1.10 bits per heavy atom. The first-order valence-electron chi connectivity index (χ1n) is 9.93. The summed E-state index contributed by atoms with van der Waals surface area (Å²) in [7, 11) is 0. The Labute approximate surface area is 179 Å². The second-order valence-electron chi connectivity index (χ2n) is 8.01. The van der Waals surface area contributed by atoms with Gasteiger partial charge in [-0.2, -0.15) is 0 Å². The molecule has 0 aromatic heterocycles. The first kappa shape index (κ1) is 19.4. The number of halogens is 1. The molecule has 5 rings (SSSR count). The van der Waals surface area contributed by atoms with E-state index < -0.39 is 0 Å². The molecule has 0 fully saturated rings. The van der Waals surface area contributed by atoms with Gasteiger partial charge in [-0.3, -0.25) is 9.69 Å². The largest absolute Gasteiger partial charge is 0.477 e. The van der Waals surface area contributed by atoms with Crippen LogP contribution in [0.2, 0.25) is 5.02 Å². The molecule has 2 aromatic rings. The monoisotopic (exact) mass is 427 g/mol. The van der Waals surface area contributed by atoms with E-state index in [4.69, 9.17) is 30.5 Å². The van der Waals surface area contributed by atoms with Crippen LogP contribution in [0, 0.1) is 6.92 Å². The molecule has 3 aliphatic heterocycles. The fraction of sp³-hybridized carbons (Fsp3) is 0.348. The fourth-order valence-corrected chi connectivity index (χ4v) is 4.30. The zero-order chi connectivity index (χ0) is 21.0. The summed E-state index contributed by atoms with van der Waals surface area (Å²) < 4.78 is 23.0. The molecule has 0 amide bonds. The summed E-state index contributed by atoms with van der Waals surface area (Å²) in [4.78, 5) is 15.4. The van der Waals surface area contributed by atoms with E-state index in [1.165, 1.54) is 0 Å². The standard InChI is InChI=1S/C23H22ClNO5/c1-12(2)25-8-15-6-18-20(26)19(30-22(18)13(3)21(15)28-10-25)7-14-4-17(24)5-16-9-27-11-29-23(14)16/h4-7,12H,8-11H2,1-3H3/b19-7-. The second-order valence-corrected chi connectivity index (χ2v) is 8.45. The molecule has 3 heterocycles. The minimum Gasteiger partial charge on any atom is -0.477 e. The van der Waals surface area contributed by atoms with Crippen molar-refractivity contribution in [3.05, 3.63) is 56.8 Å². The highest BCUT2D eigenvalue weighted by Gasteiger charge is 2.34. The van der Waals surface area contributed by atoms with Gasteiger partial charge in [0, 0.05) is 39.9 Å². The number of carbonyl (C=O) groups is 1. The zero-order valence-electron chi connectivity index (χ0n) is 17.1. The van der Waals surface area contributed by atoms with Gasteiger partial charge in [0.1, 0.15) is 24.0 Å². The van der Waals surface area contributed by atoms with Gasteiger partial charge < -0.3 is 18.9 Å². The van der Waals surface area contributed by atoms with Crippen molar-refractivity contribution in [1.29, 1.82) is 0 Å². The fourth-order valence-electron chi connectivity index (χ4n) is 4.05. The van der Waals surface area contributed by atoms with E-state index in [2.05, 4.69) is 18.7 Å². The lowest BCUT2D eigenvalue weighted by molar-refractivity contribution is -0.0165. The third-order valence-electron chi connectivity index (χ3n) is 5.69. The molecule has 156 valence electrons. The van der Waals surface area contributed by atoms with Gasteiger partial charge in [-0.05, 0) is 45.0 Å². The minimum atomic E-state index is -0.154. The SMILES string of the molecule is Cc1c2c(cc3c1O/C(=C\c1cc(Cl)cc4c1OCOC4)C3=O)CN(C(C)C)CO2. The Balaban J connectivity index is 1.54. The van der Waals surface area contributed by atoms with Crippen molar-refractivity contribution in [2.24, 2.45) is 0 Å². The van der Waals surface area contributed by atoms with Crippen LogP contribution in [0.1, 0.15) is 46.5 Å². The number of rotatable bonds is 2. The molecule has 0 aliphatic carbocycles. The number of allylic oxidation sites excluding steroid dienone is 1. The van der Waals surface area contributed by atoms with Crippen molar-refractivity contribution in [1.82, 2.24) is 4.90 Å². The quantitative estimate of drug-likeness (QED) is 0.648. The summed E-state index contributed by atoms with van der Waals surface area (Å²) in [6.45, 7) is 8.02. The topological polar surface area (TPSA) is 57.2 Å². The predicted octanol–water partition coefficient (Wildman–Crippen LogP) is 4.69. The Kier molecular flexibility index (Phi) is 4.73. The molecule has 0 N–H and O–H groups in total. The van der Waals surface area contributed by atoms with E-state index in [1.54, 1.807) is 18.2 Å². The molecule has 0 saturated carbocycles. The van der Waals surface area contributed by atoms with Crippen LogP contribution in [-0.4, -0.2) is 30.2 Å². The van der Waals surface area contributed by atoms with Crippen LogP contribution in [0.3, 0.4) is 0 Å². The third kappa shape index (κ3) is 3.16. The van der Waals surface area contributed by atoms with Crippen LogP contribution in [-0.2, 0) is 17.9 Å². The van der Waals surface area contributed by atoms with Crippen molar-refractivity contribution in [2.75, 3.05) is 13.5 Å². The Morgan fingerprint density at radius 2 is 1.93 bits per heavy atom. The van der Waals surface area contributed by atoms with Crippen molar-refractivity contribution < 1.29 is 23.7 Å². The molecule has 0 radical (unpaired) electrons. The summed E-state index contributed by atoms with van der Waals surface area (Å²) in [5.41, 5.74) is 3.95. The average Bonchev–Trinajstić information content (AvgIpc) is 3.03. The normalized spacial score (nSPS) is 19.1. The lowest BCUT2D eigenvalue weighted by Crippen LogP contribution is -2.37. The smallest absolute Gasteiger partial charge is 0.231 e. The third-order valence-corrected chi connectivity index (χ3v) is 5.90. The van der Waals surface area contributed by atoms with Crippen molar-refractivity contribution in [3.63, 3.8) is 0 Å². The van der Waals surface area contributed by atoms with Crippen molar-refractivity contribution >= 4 is 23.5 Å². The molecule has 7 heteroatoms. The summed E-state index contributed by atoms with van der Waals surface area (Å²) >= 11 is 6.26. The Hall–Kier alpha value is -2.54. The van der Waals surface area contributed by atoms with Crippen LogP contribution < -0.4 is 14.2 Å². The molecule has 0 spiro atoms. The van der Waals surface area contributed by atoms with E-state index in [0.717, 1.165) is 29.0 Å². The second kappa shape index (κ2) is 7.30. The van der Waals surface area contributed by atoms with E-state index in [1.807, 2.05) is 13.0 Å². The lowest BCUT2D eigenvalue weighted by Gasteiger charge is -2.32. The van der Waals surface area contributed by atoms with Gasteiger partial charge in [0.15, 0.2) is 12.6 Å². The number of hydrogen-bond donors (Lipinski definition) is 0. The van der Waals surface area contributed by atoms with E-state index >= 15 is 0 Å². The maximum absolute atomic E-state index is 13.2. The highest BCUT2D eigenvalue weighted by molar-refractivity contribution is 6.31. The molecule has 0 bridgehead atoms. The summed E-state index contributed by atoms with van der Waals surface area (Å²) in [6, 6.07) is 5.82. The van der Waals surface area contributed by atoms with Crippen LogP contribution >= 0.6 is 11.6 Å². The maximum atomic E-state index is 13.2. The number of ether oxygens (including phenoxy) is 4. The molecule has 3 aliphatic rings. The molecule has 30 heavy (non-hydrogen) atoms. The minimum absolute atomic E-state index is 0.154. The number of fused-ring (bicyclic) bond motifs is 3. The van der Waals surface area contributed by atoms with Gasteiger partial charge in [-0.15, -0.1) is 0 Å². The number of hydrogen-bond acceptors (Lipinski definition) is 6. The summed E-state index contributed by atoms with van der Waals surface area (Å²) in [6.07, 6.45) is 1.69. The van der Waals surface area contributed by atoms with Gasteiger partial charge in [0.25, 0.3) is 0 Å². The molecule has 0 saturated heterocycles. The van der Waals surface area contributed by atoms with Gasteiger partial charge >= 0.3 is 0 Å². The predicted molar refractivity (Wildman–Crippen MR) is 112 cm³/mol. The summed E-state index contributed by atoms with van der Waals surface area (Å²) in [5.74, 6) is 2.12. The van der Waals surface area contributed by atoms with Gasteiger partial charge in [0.2, 0.25) is 5.78 Å². The lowest BCUT2D eigenvalue weighted by atomic mass is 9.99. The van der Waals surface area contributed by atoms with Crippen LogP contribution in [0.25, 0.3) is 6.08 Å². The van der Waals surface area contributed by atoms with Gasteiger partial charge in [0.05, 0.1) is 12.2 Å². The number of ketones is 1. The highest BCUT2D eigenvalue weighted by Crippen LogP contribution is 2.44. The van der Waals surface area contributed by atoms with E-state index in [-0.39, 0.29) is 18.3 Å². The van der Waals surface area contributed by atoms with E-state index in [9.17, 15) is 4.79 Å². The van der Waals surface area contributed by atoms with Crippen LogP contribution in [0.15, 0.2) is 24.0 Å². The molecule has 2 aromatic carbocycles. The molecule has 0 atom stereocenters. The molecular formula is C23H22ClNO5. The Morgan fingerprint density at radius 3 is 2.73 bits per heavy atom. The first-order valence-corrected chi connectivity index (χ1v) is 10.3. The molecular weight excluding hydrogens is 406 g/mol. The number of nitrogens with zero attached hydrogens (tertiary/aromatic N) is 1. The molecule has 0 unspecified atom stereocenters. The maximum Gasteiger partial charge on any atom is 0.231 e. The average molecular weight is 428 g/mol. The van der Waals surface area contributed by atoms with Gasteiger partial charge in [-0.25, -0.2) is 0 Å². The zero-order valence-corrected chi connectivity index (χ0v) is 17.8. The highest BCUT2D eigenvalue weighted by atomic mass is 35.5. The van der Waals surface area contributed by atoms with Crippen LogP contribution in [0.4, 0.5) is 0 Å². The van der Waals surface area contributed by atoms with Gasteiger partial charge in [-0.1, -0.05) is 11.6 Å². The number of benzene rings is 2. The summed E-state index contributed by atoms with van der Waals surface area (Å²) in [5, 5.41) is 0.548. The first-order chi connectivity index (χ1) is 14.4. The number of carbonyl (C=O) groups excluding carboxylic acids is 1. The van der Waals surface area contributed by atoms with Crippen molar-refractivity contribution in [2.45, 2.75) is 40.0 Å². The molecule has 6 nitrogen and oxygen atoms in total.